The number of rotatable bonds is 70. The summed E-state index contributed by atoms with van der Waals surface area (Å²) in [5, 5.41) is 0. The summed E-state index contributed by atoms with van der Waals surface area (Å²) < 4.78 is 16.9. The van der Waals surface area contributed by atoms with Crippen LogP contribution in [0.4, 0.5) is 0 Å². The first-order chi connectivity index (χ1) is 40.0. The van der Waals surface area contributed by atoms with Crippen molar-refractivity contribution in [1.29, 1.82) is 0 Å². The summed E-state index contributed by atoms with van der Waals surface area (Å²) in [7, 11) is 0. The molecule has 0 amide bonds. The smallest absolute Gasteiger partial charge is 0.306 e. The van der Waals surface area contributed by atoms with Crippen LogP contribution in [0.1, 0.15) is 432 Å². The fourth-order valence-electron chi connectivity index (χ4n) is 11.7. The van der Waals surface area contributed by atoms with Crippen molar-refractivity contribution in [1.82, 2.24) is 0 Å². The molecule has 0 aromatic carbocycles. The van der Waals surface area contributed by atoms with Crippen LogP contribution in [-0.4, -0.2) is 37.2 Å². The van der Waals surface area contributed by atoms with E-state index in [1.807, 2.05) is 0 Å². The maximum absolute atomic E-state index is 12.9. The second-order valence-electron chi connectivity index (χ2n) is 25.6. The van der Waals surface area contributed by atoms with Gasteiger partial charge in [-0.05, 0) is 44.9 Å². The van der Waals surface area contributed by atoms with Crippen molar-refractivity contribution in [3.63, 3.8) is 0 Å². The Hall–Kier alpha value is -1.85. The van der Waals surface area contributed by atoms with Crippen molar-refractivity contribution >= 4 is 17.9 Å². The number of carbonyl (C=O) groups excluding carboxylic acids is 3. The van der Waals surface area contributed by atoms with Gasteiger partial charge in [0.05, 0.1) is 0 Å². The second-order valence-corrected chi connectivity index (χ2v) is 25.6. The molecule has 0 aliphatic heterocycles. The van der Waals surface area contributed by atoms with Crippen molar-refractivity contribution in [2.75, 3.05) is 13.2 Å². The molecule has 81 heavy (non-hydrogen) atoms. The molecule has 1 atom stereocenters. The van der Waals surface area contributed by atoms with Crippen LogP contribution < -0.4 is 0 Å². The normalized spacial score (nSPS) is 12.0. The minimum Gasteiger partial charge on any atom is -0.462 e. The predicted molar refractivity (Wildman–Crippen MR) is 353 cm³/mol. The molecule has 0 aliphatic rings. The van der Waals surface area contributed by atoms with Crippen molar-refractivity contribution < 1.29 is 28.6 Å². The van der Waals surface area contributed by atoms with Gasteiger partial charge in [-0.2, -0.15) is 0 Å². The number of hydrogen-bond acceptors (Lipinski definition) is 6. The zero-order valence-corrected chi connectivity index (χ0v) is 55.4. The molecule has 0 spiro atoms. The van der Waals surface area contributed by atoms with E-state index in [0.29, 0.717) is 19.3 Å². The Morgan fingerprint density at radius 3 is 0.617 bits per heavy atom. The van der Waals surface area contributed by atoms with Gasteiger partial charge in [0.15, 0.2) is 6.10 Å². The van der Waals surface area contributed by atoms with Crippen LogP contribution in [0.25, 0.3) is 0 Å². The van der Waals surface area contributed by atoms with E-state index >= 15 is 0 Å². The standard InChI is InChI=1S/C75H144O6/c1-4-7-10-13-16-19-21-23-25-27-29-31-32-33-34-35-36-37-38-39-40-41-42-43-44-45-47-48-50-52-54-56-59-62-65-68-74(77)80-71-72(70-79-73(76)67-64-61-58-18-15-12-9-6-3)81-75(78)69-66-63-60-57-55-53-51-49-46-30-28-26-24-22-20-17-14-11-8-5-2/h27,29,72H,4-26,28,30-71H2,1-3H3/b29-27-. The van der Waals surface area contributed by atoms with Crippen molar-refractivity contribution in [2.45, 2.75) is 438 Å². The van der Waals surface area contributed by atoms with Crippen LogP contribution in [0, 0.1) is 0 Å². The Balaban J connectivity index is 3.94. The molecule has 6 heteroatoms. The fourth-order valence-corrected chi connectivity index (χ4v) is 11.7. The number of ether oxygens (including phenoxy) is 3. The molecule has 0 saturated carbocycles. The number of esters is 3. The highest BCUT2D eigenvalue weighted by molar-refractivity contribution is 5.71. The van der Waals surface area contributed by atoms with Gasteiger partial charge in [-0.3, -0.25) is 14.4 Å². The Kier molecular flexibility index (Phi) is 69.0. The zero-order chi connectivity index (χ0) is 58.5. The lowest BCUT2D eigenvalue weighted by molar-refractivity contribution is -0.167. The summed E-state index contributed by atoms with van der Waals surface area (Å²) in [4.78, 5) is 38.2. The molecule has 0 bridgehead atoms. The highest BCUT2D eigenvalue weighted by Crippen LogP contribution is 2.19. The van der Waals surface area contributed by atoms with E-state index in [4.69, 9.17) is 14.2 Å². The Labute approximate surface area is 507 Å². The third-order valence-corrected chi connectivity index (χ3v) is 17.3. The zero-order valence-electron chi connectivity index (χ0n) is 55.4. The summed E-state index contributed by atoms with van der Waals surface area (Å²) in [6, 6.07) is 0. The third kappa shape index (κ3) is 68.8. The van der Waals surface area contributed by atoms with Gasteiger partial charge in [-0.25, -0.2) is 0 Å². The first-order valence-electron chi connectivity index (χ1n) is 37.2. The maximum Gasteiger partial charge on any atom is 0.306 e. The van der Waals surface area contributed by atoms with E-state index in [9.17, 15) is 14.4 Å². The van der Waals surface area contributed by atoms with Crippen LogP contribution in [0.15, 0.2) is 12.2 Å². The summed E-state index contributed by atoms with van der Waals surface area (Å²) in [5.41, 5.74) is 0. The highest BCUT2D eigenvalue weighted by Gasteiger charge is 2.20. The average Bonchev–Trinajstić information content (AvgIpc) is 3.47. The molecule has 0 rings (SSSR count). The van der Waals surface area contributed by atoms with Gasteiger partial charge < -0.3 is 14.2 Å². The third-order valence-electron chi connectivity index (χ3n) is 17.3. The Bertz CT molecular complexity index is 1260. The Morgan fingerprint density at radius 1 is 0.235 bits per heavy atom. The first kappa shape index (κ1) is 79.2. The molecule has 0 heterocycles. The first-order valence-corrected chi connectivity index (χ1v) is 37.2. The van der Waals surface area contributed by atoms with Crippen LogP contribution in [0.5, 0.6) is 0 Å². The number of carbonyl (C=O) groups is 3. The van der Waals surface area contributed by atoms with Gasteiger partial charge in [0, 0.05) is 19.3 Å². The molecule has 0 aromatic rings. The van der Waals surface area contributed by atoms with Gasteiger partial charge in [-0.15, -0.1) is 0 Å². The topological polar surface area (TPSA) is 78.9 Å². The summed E-state index contributed by atoms with van der Waals surface area (Å²) in [6.45, 7) is 6.70. The van der Waals surface area contributed by atoms with Gasteiger partial charge in [0.25, 0.3) is 0 Å². The van der Waals surface area contributed by atoms with Crippen LogP contribution in [0.3, 0.4) is 0 Å². The van der Waals surface area contributed by atoms with Gasteiger partial charge in [0.2, 0.25) is 0 Å². The fraction of sp³-hybridized carbons (Fsp3) is 0.933. The van der Waals surface area contributed by atoms with E-state index < -0.39 is 6.10 Å². The number of unbranched alkanes of at least 4 members (excludes halogenated alkanes) is 57. The van der Waals surface area contributed by atoms with Crippen LogP contribution in [0.2, 0.25) is 0 Å². The van der Waals surface area contributed by atoms with Crippen molar-refractivity contribution in [3.8, 4) is 0 Å². The van der Waals surface area contributed by atoms with E-state index in [-0.39, 0.29) is 31.1 Å². The molecule has 1 unspecified atom stereocenters. The van der Waals surface area contributed by atoms with Crippen LogP contribution in [-0.2, 0) is 28.6 Å². The van der Waals surface area contributed by atoms with E-state index in [1.165, 1.54) is 334 Å². The van der Waals surface area contributed by atoms with Gasteiger partial charge in [-0.1, -0.05) is 380 Å². The summed E-state index contributed by atoms with van der Waals surface area (Å²) in [5.74, 6) is -0.832. The van der Waals surface area contributed by atoms with Crippen molar-refractivity contribution in [2.24, 2.45) is 0 Å². The second kappa shape index (κ2) is 70.6. The average molecular weight is 1140 g/mol. The van der Waals surface area contributed by atoms with Crippen molar-refractivity contribution in [3.05, 3.63) is 12.2 Å². The van der Waals surface area contributed by atoms with E-state index in [1.54, 1.807) is 0 Å². The SMILES string of the molecule is CCCCCCCCCC/C=C\CCCCCCCCCCCCCCCCCCCCCCCCCC(=O)OCC(COC(=O)CCCCCCCCCC)OC(=O)CCCCCCCCCCCCCCCCCCCCCC. The minimum atomic E-state index is -0.763. The Morgan fingerprint density at radius 2 is 0.407 bits per heavy atom. The number of hydrogen-bond donors (Lipinski definition) is 0. The highest BCUT2D eigenvalue weighted by atomic mass is 16.6. The summed E-state index contributed by atoms with van der Waals surface area (Å²) >= 11 is 0. The molecule has 0 aromatic heterocycles. The number of allylic oxidation sites excluding steroid dienone is 2. The molecule has 0 fully saturated rings. The predicted octanol–water partition coefficient (Wildman–Crippen LogP) is 25.6. The van der Waals surface area contributed by atoms with Gasteiger partial charge in [0.1, 0.15) is 13.2 Å². The summed E-state index contributed by atoms with van der Waals surface area (Å²) in [6.07, 6.45) is 85.8. The lowest BCUT2D eigenvalue weighted by Gasteiger charge is -2.18. The molecule has 0 aliphatic carbocycles. The lowest BCUT2D eigenvalue weighted by Crippen LogP contribution is -2.30. The monoisotopic (exact) mass is 1140 g/mol. The van der Waals surface area contributed by atoms with Crippen LogP contribution >= 0.6 is 0 Å². The molecule has 0 N–H and O–H groups in total. The minimum absolute atomic E-state index is 0.0621. The molecule has 0 radical (unpaired) electrons. The van der Waals surface area contributed by atoms with E-state index in [0.717, 1.165) is 57.8 Å². The quantitative estimate of drug-likeness (QED) is 0.0261. The van der Waals surface area contributed by atoms with Gasteiger partial charge >= 0.3 is 17.9 Å². The molecular formula is C75H144O6. The largest absolute Gasteiger partial charge is 0.462 e. The molecule has 6 nitrogen and oxygen atoms in total. The molecule has 480 valence electrons. The maximum atomic E-state index is 12.9. The molecular weight excluding hydrogens is 997 g/mol. The van der Waals surface area contributed by atoms with E-state index in [2.05, 4.69) is 32.9 Å². The molecule has 0 saturated heterocycles. The lowest BCUT2D eigenvalue weighted by atomic mass is 10.0.